The summed E-state index contributed by atoms with van der Waals surface area (Å²) in [6, 6.07) is 2.61. The van der Waals surface area contributed by atoms with Crippen LogP contribution in [0.3, 0.4) is 0 Å². The number of nitrogens with one attached hydrogen (secondary N) is 2. The largest absolute Gasteiger partial charge is 0.340 e. The molecule has 2 atom stereocenters. The number of benzene rings is 1. The summed E-state index contributed by atoms with van der Waals surface area (Å²) < 4.78 is 27.6. The predicted octanol–water partition coefficient (Wildman–Crippen LogP) is 1.93. The Morgan fingerprint density at radius 2 is 1.88 bits per heavy atom. The standard InChI is InChI=1S/C18H25F2N3O2/c1-11(2)16(18(25)23-9-5-6-12(10-23)21-3)22-17(24)15-13(19)7-4-8-14(15)20/h4,7-8,11-12,16,21H,5-6,9-10H2,1-3H3,(H,22,24)/t12?,16-/m0/s1. The van der Waals surface area contributed by atoms with Crippen molar-refractivity contribution in [2.75, 3.05) is 20.1 Å². The number of amides is 2. The first-order valence-corrected chi connectivity index (χ1v) is 8.56. The molecule has 138 valence electrons. The Kier molecular flexibility index (Phi) is 6.47. The predicted molar refractivity (Wildman–Crippen MR) is 91.1 cm³/mol. The highest BCUT2D eigenvalue weighted by Crippen LogP contribution is 2.16. The second kappa shape index (κ2) is 8.38. The van der Waals surface area contributed by atoms with Crippen molar-refractivity contribution in [2.45, 2.75) is 38.8 Å². The van der Waals surface area contributed by atoms with E-state index in [0.717, 1.165) is 25.0 Å². The zero-order valence-corrected chi connectivity index (χ0v) is 14.8. The van der Waals surface area contributed by atoms with Crippen LogP contribution in [0, 0.1) is 17.6 Å². The fourth-order valence-electron chi connectivity index (χ4n) is 3.05. The average Bonchev–Trinajstić information content (AvgIpc) is 2.58. The maximum absolute atomic E-state index is 13.8. The molecule has 2 rings (SSSR count). The summed E-state index contributed by atoms with van der Waals surface area (Å²) in [4.78, 5) is 26.9. The lowest BCUT2D eigenvalue weighted by atomic mass is 9.99. The molecular formula is C18H25F2N3O2. The topological polar surface area (TPSA) is 61.4 Å². The maximum Gasteiger partial charge on any atom is 0.257 e. The Labute approximate surface area is 146 Å². The van der Waals surface area contributed by atoms with Crippen LogP contribution in [0.5, 0.6) is 0 Å². The van der Waals surface area contributed by atoms with Gasteiger partial charge in [-0.1, -0.05) is 19.9 Å². The molecule has 25 heavy (non-hydrogen) atoms. The molecule has 1 aromatic carbocycles. The van der Waals surface area contributed by atoms with Crippen molar-refractivity contribution in [1.29, 1.82) is 0 Å². The van der Waals surface area contributed by atoms with Crippen LogP contribution in [0.4, 0.5) is 8.78 Å². The van der Waals surface area contributed by atoms with E-state index in [1.54, 1.807) is 18.7 Å². The Bertz CT molecular complexity index is 616. The molecule has 0 bridgehead atoms. The van der Waals surface area contributed by atoms with Gasteiger partial charge in [0.1, 0.15) is 23.2 Å². The van der Waals surface area contributed by atoms with Gasteiger partial charge in [0, 0.05) is 19.1 Å². The molecule has 2 amide bonds. The highest BCUT2D eigenvalue weighted by Gasteiger charge is 2.32. The molecular weight excluding hydrogens is 328 g/mol. The minimum Gasteiger partial charge on any atom is -0.340 e. The van der Waals surface area contributed by atoms with Gasteiger partial charge in [0.15, 0.2) is 0 Å². The monoisotopic (exact) mass is 353 g/mol. The van der Waals surface area contributed by atoms with Crippen LogP contribution in [0.2, 0.25) is 0 Å². The SMILES string of the molecule is CNC1CCCN(C(=O)[C@@H](NC(=O)c2c(F)cccc2F)C(C)C)C1. The lowest BCUT2D eigenvalue weighted by molar-refractivity contribution is -0.135. The molecule has 0 radical (unpaired) electrons. The van der Waals surface area contributed by atoms with Gasteiger partial charge in [0.05, 0.1) is 0 Å². The van der Waals surface area contributed by atoms with Crippen LogP contribution < -0.4 is 10.6 Å². The van der Waals surface area contributed by atoms with Crippen LogP contribution in [-0.2, 0) is 4.79 Å². The molecule has 1 aromatic rings. The van der Waals surface area contributed by atoms with E-state index in [2.05, 4.69) is 10.6 Å². The first kappa shape index (κ1) is 19.3. The Morgan fingerprint density at radius 1 is 1.24 bits per heavy atom. The molecule has 1 fully saturated rings. The molecule has 1 heterocycles. The summed E-state index contributed by atoms with van der Waals surface area (Å²) in [6.45, 7) is 4.76. The summed E-state index contributed by atoms with van der Waals surface area (Å²) in [5.74, 6) is -3.23. The normalized spacial score (nSPS) is 19.0. The van der Waals surface area contributed by atoms with Gasteiger partial charge in [-0.25, -0.2) is 8.78 Å². The number of hydrogen-bond donors (Lipinski definition) is 2. The van der Waals surface area contributed by atoms with Crippen molar-refractivity contribution in [2.24, 2.45) is 5.92 Å². The number of piperidine rings is 1. The molecule has 1 saturated heterocycles. The zero-order chi connectivity index (χ0) is 18.6. The quantitative estimate of drug-likeness (QED) is 0.850. The maximum atomic E-state index is 13.8. The summed E-state index contributed by atoms with van der Waals surface area (Å²) in [7, 11) is 1.85. The molecule has 0 aliphatic carbocycles. The molecule has 1 aliphatic heterocycles. The van der Waals surface area contributed by atoms with Crippen molar-refractivity contribution in [1.82, 2.24) is 15.5 Å². The van der Waals surface area contributed by atoms with Crippen LogP contribution in [0.1, 0.15) is 37.0 Å². The van der Waals surface area contributed by atoms with Gasteiger partial charge in [0.2, 0.25) is 5.91 Å². The van der Waals surface area contributed by atoms with Crippen molar-refractivity contribution in [3.63, 3.8) is 0 Å². The van der Waals surface area contributed by atoms with Crippen LogP contribution >= 0.6 is 0 Å². The molecule has 5 nitrogen and oxygen atoms in total. The van der Waals surface area contributed by atoms with Gasteiger partial charge >= 0.3 is 0 Å². The molecule has 0 aromatic heterocycles. The summed E-state index contributed by atoms with van der Waals surface area (Å²) in [5.41, 5.74) is -0.660. The van der Waals surface area contributed by atoms with E-state index in [1.165, 1.54) is 6.07 Å². The number of carbonyl (C=O) groups is 2. The highest BCUT2D eigenvalue weighted by molar-refractivity contribution is 5.98. The molecule has 0 saturated carbocycles. The summed E-state index contributed by atoms with van der Waals surface area (Å²) >= 11 is 0. The van der Waals surface area contributed by atoms with Gasteiger partial charge in [-0.2, -0.15) is 0 Å². The van der Waals surface area contributed by atoms with E-state index in [9.17, 15) is 18.4 Å². The smallest absolute Gasteiger partial charge is 0.257 e. The van der Waals surface area contributed by atoms with E-state index in [0.29, 0.717) is 13.1 Å². The fourth-order valence-corrected chi connectivity index (χ4v) is 3.05. The van der Waals surface area contributed by atoms with Gasteiger partial charge < -0.3 is 15.5 Å². The minimum absolute atomic E-state index is 0.207. The number of halogens is 2. The van der Waals surface area contributed by atoms with E-state index < -0.39 is 29.1 Å². The molecule has 1 aliphatic rings. The van der Waals surface area contributed by atoms with E-state index >= 15 is 0 Å². The van der Waals surface area contributed by atoms with Gasteiger partial charge in [0.25, 0.3) is 5.91 Å². The number of hydrogen-bond acceptors (Lipinski definition) is 3. The van der Waals surface area contributed by atoms with Crippen LogP contribution in [0.25, 0.3) is 0 Å². The first-order chi connectivity index (χ1) is 11.8. The van der Waals surface area contributed by atoms with E-state index in [1.807, 2.05) is 7.05 Å². The third kappa shape index (κ3) is 4.54. The van der Waals surface area contributed by atoms with Crippen LogP contribution in [0.15, 0.2) is 18.2 Å². The highest BCUT2D eigenvalue weighted by atomic mass is 19.1. The van der Waals surface area contributed by atoms with Crippen molar-refractivity contribution in [3.05, 3.63) is 35.4 Å². The molecule has 2 N–H and O–H groups in total. The first-order valence-electron chi connectivity index (χ1n) is 8.56. The number of carbonyl (C=O) groups excluding carboxylic acids is 2. The molecule has 0 spiro atoms. The fraction of sp³-hybridized carbons (Fsp3) is 0.556. The van der Waals surface area contributed by atoms with Crippen LogP contribution in [-0.4, -0.2) is 48.9 Å². The Morgan fingerprint density at radius 3 is 2.44 bits per heavy atom. The van der Waals surface area contributed by atoms with Gasteiger partial charge in [-0.05, 0) is 37.9 Å². The summed E-state index contributed by atoms with van der Waals surface area (Å²) in [6.07, 6.45) is 1.86. The van der Waals surface area contributed by atoms with Crippen molar-refractivity contribution in [3.8, 4) is 0 Å². The van der Waals surface area contributed by atoms with Crippen molar-refractivity contribution < 1.29 is 18.4 Å². The second-order valence-corrected chi connectivity index (χ2v) is 6.70. The molecule has 1 unspecified atom stereocenters. The number of rotatable bonds is 5. The Balaban J connectivity index is 2.15. The average molecular weight is 353 g/mol. The van der Waals surface area contributed by atoms with E-state index in [4.69, 9.17) is 0 Å². The number of likely N-dealkylation sites (N-methyl/N-ethyl adjacent to an activating group) is 1. The Hall–Kier alpha value is -2.02. The third-order valence-electron chi connectivity index (χ3n) is 4.55. The lowest BCUT2D eigenvalue weighted by Crippen LogP contribution is -2.55. The number of nitrogens with zero attached hydrogens (tertiary/aromatic N) is 1. The zero-order valence-electron chi connectivity index (χ0n) is 14.8. The van der Waals surface area contributed by atoms with Crippen molar-refractivity contribution >= 4 is 11.8 Å². The lowest BCUT2D eigenvalue weighted by Gasteiger charge is -2.36. The second-order valence-electron chi connectivity index (χ2n) is 6.70. The van der Waals surface area contributed by atoms with Gasteiger partial charge in [-0.15, -0.1) is 0 Å². The summed E-state index contributed by atoms with van der Waals surface area (Å²) in [5, 5.41) is 5.67. The third-order valence-corrected chi connectivity index (χ3v) is 4.55. The molecule has 7 heteroatoms. The number of likely N-dealkylation sites (tertiary alicyclic amines) is 1. The van der Waals surface area contributed by atoms with Gasteiger partial charge in [-0.3, -0.25) is 9.59 Å². The van der Waals surface area contributed by atoms with E-state index in [-0.39, 0.29) is 17.9 Å². The minimum atomic E-state index is -0.944.